The molecule has 9 aromatic rings. The quantitative estimate of drug-likeness (QED) is 0.161. The molecule has 0 saturated heterocycles. The molecule has 10 rings (SSSR count). The van der Waals surface area contributed by atoms with Crippen molar-refractivity contribution in [2.24, 2.45) is 0 Å². The number of hydrogen-bond acceptors (Lipinski definition) is 1. The number of hydrogen-bond donors (Lipinski definition) is 0. The zero-order valence-corrected chi connectivity index (χ0v) is 30.6. The van der Waals surface area contributed by atoms with Crippen molar-refractivity contribution < 1.29 is 0 Å². The van der Waals surface area contributed by atoms with Crippen molar-refractivity contribution in [3.05, 3.63) is 205 Å². The highest BCUT2D eigenvalue weighted by atomic mass is 15.1. The van der Waals surface area contributed by atoms with Crippen LogP contribution in [-0.4, -0.2) is 4.57 Å². The highest BCUT2D eigenvalue weighted by molar-refractivity contribution is 6.10. The molecule has 1 atom stereocenters. The Morgan fingerprint density at radius 1 is 0.426 bits per heavy atom. The van der Waals surface area contributed by atoms with E-state index in [0.717, 1.165) is 23.5 Å². The van der Waals surface area contributed by atoms with Crippen molar-refractivity contribution in [3.63, 3.8) is 0 Å². The second kappa shape index (κ2) is 12.8. The molecule has 1 aliphatic rings. The van der Waals surface area contributed by atoms with E-state index >= 15 is 0 Å². The SMILES string of the molecule is CCC1(C)c2ccccc2-c2cc(N(c3ccc(-c4ccccc4)cc3)c3ccc(-c4ccc5c(c4)c4ccccc4n5-c4ccccc4)cc3)ccc21. The Labute approximate surface area is 317 Å². The summed E-state index contributed by atoms with van der Waals surface area (Å²) in [5, 5.41) is 2.52. The minimum absolute atomic E-state index is 0.00275. The fraction of sp³-hybridized carbons (Fsp3) is 0.0769. The largest absolute Gasteiger partial charge is 0.310 e. The molecule has 2 nitrogen and oxygen atoms in total. The van der Waals surface area contributed by atoms with Crippen LogP contribution in [-0.2, 0) is 5.41 Å². The third kappa shape index (κ3) is 5.09. The van der Waals surface area contributed by atoms with Gasteiger partial charge in [-0.05, 0) is 118 Å². The first-order chi connectivity index (χ1) is 26.6. The van der Waals surface area contributed by atoms with E-state index < -0.39 is 0 Å². The molecule has 0 N–H and O–H groups in total. The number of para-hydroxylation sites is 2. The van der Waals surface area contributed by atoms with Crippen molar-refractivity contribution >= 4 is 38.9 Å². The fourth-order valence-corrected chi connectivity index (χ4v) is 8.79. The minimum atomic E-state index is 0.00275. The summed E-state index contributed by atoms with van der Waals surface area (Å²) in [7, 11) is 0. The second-order valence-electron chi connectivity index (χ2n) is 14.7. The molecule has 0 amide bonds. The fourth-order valence-electron chi connectivity index (χ4n) is 8.79. The molecule has 1 aromatic heterocycles. The third-order valence-electron chi connectivity index (χ3n) is 11.8. The molecule has 258 valence electrons. The molecule has 1 unspecified atom stereocenters. The molecule has 2 heteroatoms. The molecule has 0 aliphatic heterocycles. The predicted molar refractivity (Wildman–Crippen MR) is 229 cm³/mol. The van der Waals surface area contributed by atoms with Crippen molar-refractivity contribution in [2.45, 2.75) is 25.7 Å². The van der Waals surface area contributed by atoms with E-state index in [4.69, 9.17) is 0 Å². The van der Waals surface area contributed by atoms with Crippen molar-refractivity contribution in [1.82, 2.24) is 4.57 Å². The standard InChI is InChI=1S/C52H40N2/c1-3-52(2)48-20-12-10-18-44(48)46-35-43(31-32-49(46)52)53(41-27-22-37(23-28-41)36-14-6-4-7-15-36)42-29-24-38(25-30-42)39-26-33-51-47(34-39)45-19-11-13-21-50(45)54(51)40-16-8-5-9-17-40/h4-35H,3H2,1-2H3. The van der Waals surface area contributed by atoms with Crippen LogP contribution in [0.2, 0.25) is 0 Å². The number of nitrogens with zero attached hydrogens (tertiary/aromatic N) is 2. The van der Waals surface area contributed by atoms with Gasteiger partial charge in [0.1, 0.15) is 0 Å². The van der Waals surface area contributed by atoms with Gasteiger partial charge in [-0.15, -0.1) is 0 Å². The van der Waals surface area contributed by atoms with Gasteiger partial charge in [0.15, 0.2) is 0 Å². The van der Waals surface area contributed by atoms with Crippen molar-refractivity contribution in [1.29, 1.82) is 0 Å². The Balaban J connectivity index is 1.08. The summed E-state index contributed by atoms with van der Waals surface area (Å²) in [6, 6.07) is 71.0. The lowest BCUT2D eigenvalue weighted by Gasteiger charge is -2.28. The van der Waals surface area contributed by atoms with Crippen LogP contribution in [0.5, 0.6) is 0 Å². The van der Waals surface area contributed by atoms with E-state index in [2.05, 4.69) is 217 Å². The molecule has 0 radical (unpaired) electrons. The van der Waals surface area contributed by atoms with Crippen LogP contribution in [0, 0.1) is 0 Å². The lowest BCUT2D eigenvalue weighted by Crippen LogP contribution is -2.19. The van der Waals surface area contributed by atoms with Gasteiger partial charge in [0, 0.05) is 38.9 Å². The van der Waals surface area contributed by atoms with Crippen LogP contribution in [0.3, 0.4) is 0 Å². The van der Waals surface area contributed by atoms with Gasteiger partial charge in [-0.25, -0.2) is 0 Å². The molecule has 54 heavy (non-hydrogen) atoms. The lowest BCUT2D eigenvalue weighted by atomic mass is 9.78. The zero-order chi connectivity index (χ0) is 36.2. The number of benzene rings is 8. The Morgan fingerprint density at radius 2 is 0.963 bits per heavy atom. The first-order valence-electron chi connectivity index (χ1n) is 19.0. The van der Waals surface area contributed by atoms with Gasteiger partial charge in [0.2, 0.25) is 0 Å². The molecule has 1 aliphatic carbocycles. The topological polar surface area (TPSA) is 8.17 Å². The summed E-state index contributed by atoms with van der Waals surface area (Å²) < 4.78 is 2.37. The zero-order valence-electron chi connectivity index (χ0n) is 30.6. The van der Waals surface area contributed by atoms with E-state index in [-0.39, 0.29) is 5.41 Å². The Hall–Kier alpha value is -6.64. The van der Waals surface area contributed by atoms with Gasteiger partial charge in [0.05, 0.1) is 11.0 Å². The van der Waals surface area contributed by atoms with Crippen LogP contribution >= 0.6 is 0 Å². The molecule has 0 spiro atoms. The van der Waals surface area contributed by atoms with Crippen LogP contribution in [0.15, 0.2) is 194 Å². The Kier molecular flexibility index (Phi) is 7.59. The van der Waals surface area contributed by atoms with Gasteiger partial charge in [0.25, 0.3) is 0 Å². The van der Waals surface area contributed by atoms with Crippen LogP contribution in [0.4, 0.5) is 17.1 Å². The van der Waals surface area contributed by atoms with E-state index in [1.807, 2.05) is 0 Å². The lowest BCUT2D eigenvalue weighted by molar-refractivity contribution is 0.564. The highest BCUT2D eigenvalue weighted by Crippen LogP contribution is 2.52. The average Bonchev–Trinajstić information content (AvgIpc) is 3.71. The third-order valence-corrected chi connectivity index (χ3v) is 11.8. The van der Waals surface area contributed by atoms with E-state index in [1.54, 1.807) is 0 Å². The molecule has 1 heterocycles. The summed E-state index contributed by atoms with van der Waals surface area (Å²) in [4.78, 5) is 2.40. The number of anilines is 3. The first-order valence-corrected chi connectivity index (χ1v) is 19.0. The normalized spacial score (nSPS) is 14.6. The van der Waals surface area contributed by atoms with E-state index in [0.29, 0.717) is 0 Å². The highest BCUT2D eigenvalue weighted by Gasteiger charge is 2.38. The minimum Gasteiger partial charge on any atom is -0.310 e. The first kappa shape index (κ1) is 32.0. The number of aromatic nitrogens is 1. The van der Waals surface area contributed by atoms with Gasteiger partial charge >= 0.3 is 0 Å². The van der Waals surface area contributed by atoms with Gasteiger partial charge < -0.3 is 9.47 Å². The van der Waals surface area contributed by atoms with Crippen LogP contribution in [0.1, 0.15) is 31.4 Å². The molecular weight excluding hydrogens is 653 g/mol. The summed E-state index contributed by atoms with van der Waals surface area (Å²) in [5.74, 6) is 0. The Bertz CT molecular complexity index is 2800. The van der Waals surface area contributed by atoms with E-state index in [9.17, 15) is 0 Å². The molecular formula is C52H40N2. The summed E-state index contributed by atoms with van der Waals surface area (Å²) >= 11 is 0. The molecule has 0 fully saturated rings. The van der Waals surface area contributed by atoms with Crippen molar-refractivity contribution in [3.8, 4) is 39.1 Å². The summed E-state index contributed by atoms with van der Waals surface area (Å²) in [5.41, 5.74) is 17.3. The maximum absolute atomic E-state index is 2.41. The summed E-state index contributed by atoms with van der Waals surface area (Å²) in [6.07, 6.45) is 1.06. The van der Waals surface area contributed by atoms with Crippen LogP contribution in [0.25, 0.3) is 60.9 Å². The van der Waals surface area contributed by atoms with E-state index in [1.165, 1.54) is 72.0 Å². The summed E-state index contributed by atoms with van der Waals surface area (Å²) in [6.45, 7) is 4.70. The van der Waals surface area contributed by atoms with Crippen molar-refractivity contribution in [2.75, 3.05) is 4.90 Å². The van der Waals surface area contributed by atoms with Crippen LogP contribution < -0.4 is 4.90 Å². The van der Waals surface area contributed by atoms with Gasteiger partial charge in [-0.3, -0.25) is 0 Å². The molecule has 8 aromatic carbocycles. The molecule has 0 saturated carbocycles. The van der Waals surface area contributed by atoms with Gasteiger partial charge in [-0.2, -0.15) is 0 Å². The predicted octanol–water partition coefficient (Wildman–Crippen LogP) is 14.3. The average molecular weight is 693 g/mol. The molecule has 0 bridgehead atoms. The maximum atomic E-state index is 2.41. The number of rotatable bonds is 7. The monoisotopic (exact) mass is 692 g/mol. The smallest absolute Gasteiger partial charge is 0.0541 e. The second-order valence-corrected chi connectivity index (χ2v) is 14.7. The van der Waals surface area contributed by atoms with Gasteiger partial charge in [-0.1, -0.05) is 141 Å². The number of fused-ring (bicyclic) bond motifs is 6. The maximum Gasteiger partial charge on any atom is 0.0541 e. The Morgan fingerprint density at radius 3 is 1.69 bits per heavy atom.